The molecule has 7 heteroatoms. The van der Waals surface area contributed by atoms with E-state index in [9.17, 15) is 39.8 Å². The molecule has 0 fully saturated rings. The first-order valence-corrected chi connectivity index (χ1v) is 37.8. The van der Waals surface area contributed by atoms with Gasteiger partial charge in [0.05, 0.1) is 65.1 Å². The van der Waals surface area contributed by atoms with Crippen molar-refractivity contribution < 1.29 is 67.8 Å². The summed E-state index contributed by atoms with van der Waals surface area (Å²) < 4.78 is 446. The van der Waals surface area contributed by atoms with E-state index in [1.165, 1.54) is 60.4 Å². The molecule has 14 aromatic carbocycles. The maximum atomic E-state index is 11.2. The topological polar surface area (TPSA) is 33.5 Å². The number of hydrogen-bond acceptors (Lipinski definition) is 4. The number of ether oxygens (including phenoxy) is 1. The number of pyridine rings is 1. The number of para-hydroxylation sites is 3. The monoisotopic (exact) mass is 1460 g/mol. The van der Waals surface area contributed by atoms with Crippen LogP contribution in [0.25, 0.3) is 61.0 Å². The van der Waals surface area contributed by atoms with Gasteiger partial charge in [-0.1, -0.05) is 330 Å². The molecule has 2 aliphatic rings. The van der Waals surface area contributed by atoms with Crippen LogP contribution in [0, 0.1) is 6.85 Å². The molecule has 0 radical (unpaired) electrons. The van der Waals surface area contributed by atoms with Crippen molar-refractivity contribution in [3.05, 3.63) is 386 Å². The number of rotatable bonds is 16. The highest BCUT2D eigenvalue weighted by molar-refractivity contribution is 7.20. The van der Waals surface area contributed by atoms with Gasteiger partial charge in [-0.2, -0.15) is 0 Å². The molecule has 0 N–H and O–H groups in total. The lowest BCUT2D eigenvalue weighted by atomic mass is 9.63. The average molecular weight is 1460 g/mol. The first-order chi connectivity index (χ1) is 71.4. The zero-order valence-corrected chi connectivity index (χ0v) is 58.4. The molecule has 0 saturated heterocycles. The minimum Gasteiger partial charge on any atom is -0.457 e. The van der Waals surface area contributed by atoms with Crippen LogP contribution in [0.1, 0.15) is 127 Å². The third kappa shape index (κ3) is 11.4. The summed E-state index contributed by atoms with van der Waals surface area (Å²) in [6.07, 6.45) is -10.2. The summed E-state index contributed by atoms with van der Waals surface area (Å²) in [6, 6.07) is 23.1. The number of nitrogens with zero attached hydrogens (tertiary/aromatic N) is 4. The molecule has 1 aliphatic heterocycles. The summed E-state index contributed by atoms with van der Waals surface area (Å²) >= 11 is 0. The van der Waals surface area contributed by atoms with E-state index < -0.39 is 314 Å². The summed E-state index contributed by atoms with van der Waals surface area (Å²) in [5, 5.41) is -0.0954. The zero-order valence-electron chi connectivity index (χ0n) is 102. The van der Waals surface area contributed by atoms with Gasteiger partial charge in [0.1, 0.15) is 23.5 Å². The van der Waals surface area contributed by atoms with Crippen molar-refractivity contribution in [2.75, 3.05) is 9.80 Å². The van der Waals surface area contributed by atoms with Gasteiger partial charge >= 0.3 is 0 Å². The highest BCUT2D eigenvalue weighted by atomic mass is 28.3. The van der Waals surface area contributed by atoms with Crippen LogP contribution in [0.5, 0.6) is 11.5 Å². The van der Waals surface area contributed by atoms with Crippen LogP contribution >= 0.6 is 0 Å². The summed E-state index contributed by atoms with van der Waals surface area (Å²) in [5.41, 5.74) is -18.2. The van der Waals surface area contributed by atoms with E-state index >= 15 is 0 Å². The number of fused-ring (bicyclic) bond motifs is 5. The highest BCUT2D eigenvalue weighted by Crippen LogP contribution is 2.54. The standard InChI is InChI=1S/C100H84N4OSi2/c1-70-63-97(101-69-90(70)72-33-14-7-15-34-72)104-93-60-57-85(107(81-44-22-11-23-45-81,82-46-24-12-25-47-82)83-48-26-13-27-49-83)68-89(93)88-58-56-77(67-96(88)104)105-76-37-31-36-75(66-76)102-71(2)103(95-54-29-28-53-94(95)102)98-86(51-32-52-87(98)74-55-59-91-92(65-74)100(5,6)62-61-99(91,3)4)73-35-30-50-84(64-73)106(78-38-16-8-17-39-78,79-40-18-9-19-41-79)80-42-20-10-21-43-80/h7-60,63-69,71H,61-62H2,1-6H3/i1D3,3D3,4D3,5D3,6D3,7D,8D,9D,10D,14D,15D,16D,17D,18D,19D,20D,21D,30D,33D,34D,35D,38D,39D,40D,41D,42D,43D,50D,55D,59D,61D2,62D2,64D,65D. The van der Waals surface area contributed by atoms with Crippen LogP contribution in [0.2, 0.25) is 0 Å². The first-order valence-electron chi connectivity index (χ1n) is 56.8. The van der Waals surface area contributed by atoms with Crippen LogP contribution in [0.3, 0.4) is 0 Å². The van der Waals surface area contributed by atoms with Gasteiger partial charge in [0.2, 0.25) is 0 Å². The van der Waals surface area contributed by atoms with Crippen LogP contribution in [0.4, 0.5) is 22.7 Å². The van der Waals surface area contributed by atoms with E-state index in [0.29, 0.717) is 21.8 Å². The lowest BCUT2D eigenvalue weighted by Crippen LogP contribution is -2.74. The molecule has 1 aliphatic carbocycles. The van der Waals surface area contributed by atoms with Crippen molar-refractivity contribution >= 4 is 102 Å². The average Bonchev–Trinajstić information content (AvgIpc) is 0.709. The third-order valence-electron chi connectivity index (χ3n) is 19.6. The molecule has 0 amide bonds. The summed E-state index contributed by atoms with van der Waals surface area (Å²) in [6.45, 7) is -20.0. The first kappa shape index (κ1) is 33.5. The predicted molar refractivity (Wildman–Crippen MR) is 455 cm³/mol. The lowest BCUT2D eigenvalue weighted by Gasteiger charge is -2.42. The van der Waals surface area contributed by atoms with Crippen molar-refractivity contribution in [2.24, 2.45) is 0 Å². The molecule has 107 heavy (non-hydrogen) atoms. The largest absolute Gasteiger partial charge is 0.457 e. The van der Waals surface area contributed by atoms with Crippen LogP contribution in [-0.2, 0) is 10.8 Å². The molecule has 1 unspecified atom stereocenters. The summed E-state index contributed by atoms with van der Waals surface area (Å²) in [5.74, 6) is 0.0561. The zero-order chi connectivity index (χ0) is 112. The molecular weight excluding hydrogens is 1330 g/mol. The Bertz CT molecular complexity index is 8110. The summed E-state index contributed by atoms with van der Waals surface area (Å²) in [4.78, 5) is 7.79. The highest BCUT2D eigenvalue weighted by Gasteiger charge is 2.45. The van der Waals surface area contributed by atoms with Gasteiger partial charge in [-0.05, 0) is 161 Å². The van der Waals surface area contributed by atoms with Gasteiger partial charge < -0.3 is 14.5 Å². The maximum Gasteiger partial charge on any atom is 0.179 e. The molecule has 2 aromatic heterocycles. The summed E-state index contributed by atoms with van der Waals surface area (Å²) in [7, 11) is -10.2. The Balaban J connectivity index is 0.924. The molecule has 16 aromatic rings. The molecule has 5 nitrogen and oxygen atoms in total. The molecule has 0 saturated carbocycles. The molecule has 0 spiro atoms. The van der Waals surface area contributed by atoms with Gasteiger partial charge in [0, 0.05) is 77.5 Å². The lowest BCUT2D eigenvalue weighted by molar-refractivity contribution is 0.332. The second-order valence-corrected chi connectivity index (χ2v) is 32.9. The van der Waals surface area contributed by atoms with Crippen molar-refractivity contribution in [1.82, 2.24) is 9.55 Å². The van der Waals surface area contributed by atoms with E-state index in [2.05, 4.69) is 42.5 Å². The number of aryl methyl sites for hydroxylation is 1. The van der Waals surface area contributed by atoms with Crippen LogP contribution < -0.4 is 56.0 Å². The van der Waals surface area contributed by atoms with E-state index in [1.54, 1.807) is 33.7 Å². The molecule has 1 atom stereocenters. The van der Waals surface area contributed by atoms with Gasteiger partial charge in [-0.15, -0.1) is 0 Å². The van der Waals surface area contributed by atoms with E-state index in [-0.39, 0.29) is 39.9 Å². The number of aromatic nitrogens is 2. The normalized spacial score (nSPS) is 22.3. The number of benzene rings is 14. The SMILES string of the molecule is [2H]c1c([2H])c([2H])c(-c2cnc(-n3c4ccc([Si](c5ccccc5)(c5ccccc5)c5ccccc5)cc4c4ccc(Oc5cccc(N6c7ccccc7N(c7c(-c8c([2H])c([2H])c9c(c8[2H])C(C([2H])([2H])[2H])(C([2H])([2H])[2H])C([2H])([2H])C([2H])([2H])C9(C([2H])([2H])[2H])C([2H])([2H])[2H])cccc7-c7c([2H])c([2H])c([2H])c([Si](c8c([2H])c([2H])c([2H])c([2H])c8[2H])(c8c([2H])c([2H])c([2H])c([2H])c8[2H])c8c([2H])c([2H])c([2H])c([2H])c8[2H])c7[2H])C6C)c5)cc43)cc2C([2H])([2H])[2H])c([2H])c1[2H]. The fraction of sp³-hybridized carbons (Fsp3) is 0.110. The Labute approximate surface area is 695 Å². The second-order valence-electron chi connectivity index (χ2n) is 25.6. The van der Waals surface area contributed by atoms with Crippen molar-refractivity contribution in [2.45, 2.75) is 70.9 Å². The van der Waals surface area contributed by atoms with Crippen LogP contribution in [0.15, 0.2) is 370 Å². The van der Waals surface area contributed by atoms with E-state index in [0.717, 1.165) is 45.1 Å². The fourth-order valence-electron chi connectivity index (χ4n) is 15.0. The molecule has 18 rings (SSSR count). The van der Waals surface area contributed by atoms with E-state index in [1.807, 2.05) is 66.7 Å². The van der Waals surface area contributed by atoms with Gasteiger partial charge in [-0.3, -0.25) is 4.57 Å². The molecule has 518 valence electrons. The Morgan fingerprint density at radius 3 is 1.55 bits per heavy atom. The molecule has 3 heterocycles. The quantitative estimate of drug-likeness (QED) is 0.0713. The third-order valence-corrected chi connectivity index (χ3v) is 28.4. The number of hydrogen-bond donors (Lipinski definition) is 0. The van der Waals surface area contributed by atoms with Gasteiger partial charge in [0.15, 0.2) is 16.1 Å². The van der Waals surface area contributed by atoms with E-state index in [4.69, 9.17) is 33.0 Å². The second kappa shape index (κ2) is 27.1. The van der Waals surface area contributed by atoms with Crippen molar-refractivity contribution in [3.8, 4) is 50.7 Å². The Kier molecular flexibility index (Phi) is 8.49. The van der Waals surface area contributed by atoms with Crippen LogP contribution in [-0.4, -0.2) is 31.9 Å². The Morgan fingerprint density at radius 2 is 0.944 bits per heavy atom. The van der Waals surface area contributed by atoms with Gasteiger partial charge in [0.25, 0.3) is 0 Å². The van der Waals surface area contributed by atoms with Crippen molar-refractivity contribution in [3.63, 3.8) is 0 Å². The predicted octanol–water partition coefficient (Wildman–Crippen LogP) is 20.0. The minimum atomic E-state index is -6.80. The fourth-order valence-corrected chi connectivity index (χ4v) is 23.3. The minimum absolute atomic E-state index is 0.0148. The Hall–Kier alpha value is -12.1. The van der Waals surface area contributed by atoms with Gasteiger partial charge in [-0.25, -0.2) is 4.98 Å². The van der Waals surface area contributed by atoms with Crippen molar-refractivity contribution in [1.29, 1.82) is 0 Å². The maximum absolute atomic E-state index is 11.2. The molecule has 0 bridgehead atoms. The molecular formula is C100H84N4OSi2. The Morgan fingerprint density at radius 1 is 0.411 bits per heavy atom. The number of anilines is 4. The smallest absolute Gasteiger partial charge is 0.179 e.